The number of H-pyrrole nitrogens is 1. The summed E-state index contributed by atoms with van der Waals surface area (Å²) in [5.74, 6) is -1.10. The molecule has 5 rings (SSSR count). The number of carbonyl (C=O) groups excluding carboxylic acids is 2. The molecule has 0 atom stereocenters. The molecular weight excluding hydrogens is 396 g/mol. The summed E-state index contributed by atoms with van der Waals surface area (Å²) in [6.45, 7) is 0. The predicted octanol–water partition coefficient (Wildman–Crippen LogP) is 4.44. The van der Waals surface area contributed by atoms with Gasteiger partial charge in [0.2, 0.25) is 0 Å². The smallest absolute Gasteiger partial charge is 0.270 e. The molecule has 1 aromatic heterocycles. The van der Waals surface area contributed by atoms with E-state index in [1.165, 1.54) is 12.1 Å². The van der Waals surface area contributed by atoms with Gasteiger partial charge in [-0.15, -0.1) is 0 Å². The van der Waals surface area contributed by atoms with E-state index in [1.54, 1.807) is 36.4 Å². The van der Waals surface area contributed by atoms with Crippen LogP contribution in [0.2, 0.25) is 0 Å². The molecule has 0 saturated heterocycles. The molecule has 4 aromatic rings. The molecule has 150 valence electrons. The maximum atomic E-state index is 13.0. The van der Waals surface area contributed by atoms with Gasteiger partial charge in [-0.3, -0.25) is 24.8 Å². The van der Waals surface area contributed by atoms with Crippen molar-refractivity contribution < 1.29 is 14.5 Å². The number of fused-ring (bicyclic) bond motifs is 2. The highest BCUT2D eigenvalue weighted by atomic mass is 16.6. The third-order valence-electron chi connectivity index (χ3n) is 5.18. The summed E-state index contributed by atoms with van der Waals surface area (Å²) in [5, 5.41) is 19.3. The molecule has 0 fully saturated rings. The van der Waals surface area contributed by atoms with Crippen LogP contribution in [0.3, 0.4) is 0 Å². The van der Waals surface area contributed by atoms with Crippen molar-refractivity contribution >= 4 is 46.2 Å². The van der Waals surface area contributed by atoms with Gasteiger partial charge < -0.3 is 0 Å². The average Bonchev–Trinajstić information content (AvgIpc) is 3.31. The number of nitro benzene ring substituents is 1. The lowest BCUT2D eigenvalue weighted by Crippen LogP contribution is -2.29. The van der Waals surface area contributed by atoms with E-state index >= 15 is 0 Å². The lowest BCUT2D eigenvalue weighted by Gasteiger charge is -2.16. The summed E-state index contributed by atoms with van der Waals surface area (Å²) in [6.07, 6.45) is 3.59. The number of aromatic nitrogens is 2. The Morgan fingerprint density at radius 3 is 2.48 bits per heavy atom. The van der Waals surface area contributed by atoms with E-state index < -0.39 is 16.7 Å². The molecule has 2 amide bonds. The average molecular weight is 410 g/mol. The van der Waals surface area contributed by atoms with Gasteiger partial charge in [0.05, 0.1) is 32.9 Å². The van der Waals surface area contributed by atoms with Gasteiger partial charge in [0.25, 0.3) is 17.5 Å². The van der Waals surface area contributed by atoms with E-state index in [9.17, 15) is 19.7 Å². The van der Waals surface area contributed by atoms with Crippen molar-refractivity contribution in [2.24, 2.45) is 0 Å². The maximum absolute atomic E-state index is 13.0. The van der Waals surface area contributed by atoms with Gasteiger partial charge in [-0.2, -0.15) is 5.10 Å². The number of rotatable bonds is 4. The number of nitrogens with one attached hydrogen (secondary N) is 1. The van der Waals surface area contributed by atoms with E-state index in [0.717, 1.165) is 27.6 Å². The minimum Gasteiger partial charge on any atom is -0.277 e. The molecule has 0 bridgehead atoms. The quantitative estimate of drug-likeness (QED) is 0.304. The van der Waals surface area contributed by atoms with E-state index in [0.29, 0.717) is 11.3 Å². The molecule has 3 aromatic carbocycles. The fraction of sp³-hybridized carbons (Fsp3) is 0. The Morgan fingerprint density at radius 2 is 1.65 bits per heavy atom. The zero-order valence-corrected chi connectivity index (χ0v) is 16.0. The van der Waals surface area contributed by atoms with Crippen molar-refractivity contribution in [2.75, 3.05) is 4.90 Å². The maximum Gasteiger partial charge on any atom is 0.270 e. The Balaban J connectivity index is 1.54. The second kappa shape index (κ2) is 7.03. The number of nitro groups is 1. The molecule has 8 heteroatoms. The molecule has 0 spiro atoms. The van der Waals surface area contributed by atoms with Crippen molar-refractivity contribution in [1.82, 2.24) is 10.2 Å². The highest BCUT2D eigenvalue weighted by Gasteiger charge is 2.38. The van der Waals surface area contributed by atoms with Crippen LogP contribution in [0.4, 0.5) is 11.4 Å². The van der Waals surface area contributed by atoms with Gasteiger partial charge in [-0.1, -0.05) is 42.5 Å². The summed E-state index contributed by atoms with van der Waals surface area (Å²) in [5.41, 5.74) is 2.59. The summed E-state index contributed by atoms with van der Waals surface area (Å²) >= 11 is 0. The van der Waals surface area contributed by atoms with Crippen LogP contribution >= 0.6 is 0 Å². The number of hydrogen-bond donors (Lipinski definition) is 1. The van der Waals surface area contributed by atoms with Gasteiger partial charge in [0.15, 0.2) is 0 Å². The molecule has 1 aliphatic heterocycles. The molecule has 0 unspecified atom stereocenters. The number of carbonyl (C=O) groups is 2. The molecule has 0 saturated carbocycles. The van der Waals surface area contributed by atoms with Crippen LogP contribution in [0.25, 0.3) is 23.1 Å². The zero-order valence-electron chi connectivity index (χ0n) is 16.0. The highest BCUT2D eigenvalue weighted by molar-refractivity contribution is 6.35. The van der Waals surface area contributed by atoms with Gasteiger partial charge in [0.1, 0.15) is 0 Å². The van der Waals surface area contributed by atoms with E-state index in [1.807, 2.05) is 24.3 Å². The number of non-ortho nitro benzene ring substituents is 1. The summed E-state index contributed by atoms with van der Waals surface area (Å²) < 4.78 is 0. The second-order valence-corrected chi connectivity index (χ2v) is 6.98. The van der Waals surface area contributed by atoms with Gasteiger partial charge >= 0.3 is 0 Å². The molecule has 8 nitrogen and oxygen atoms in total. The SMILES string of the molecule is O=C1c2ccc([N+](=O)[O-])cc2C(=O)N1c1ccccc1/C=C/c1n[nH]c2ccccc12. The van der Waals surface area contributed by atoms with Gasteiger partial charge in [0, 0.05) is 17.5 Å². The van der Waals surface area contributed by atoms with Crippen LogP contribution < -0.4 is 4.90 Å². The summed E-state index contributed by atoms with van der Waals surface area (Å²) in [7, 11) is 0. The molecule has 1 aliphatic rings. The topological polar surface area (TPSA) is 109 Å². The number of benzene rings is 3. The Hall–Kier alpha value is -4.59. The first kappa shape index (κ1) is 18.4. The second-order valence-electron chi connectivity index (χ2n) is 6.98. The number of imide groups is 1. The van der Waals surface area contributed by atoms with Gasteiger partial charge in [-0.05, 0) is 29.8 Å². The first-order chi connectivity index (χ1) is 15.0. The predicted molar refractivity (Wildman–Crippen MR) is 116 cm³/mol. The van der Waals surface area contributed by atoms with Crippen molar-refractivity contribution in [1.29, 1.82) is 0 Å². The van der Waals surface area contributed by atoms with E-state index in [-0.39, 0.29) is 16.8 Å². The highest BCUT2D eigenvalue weighted by Crippen LogP contribution is 2.33. The first-order valence-electron chi connectivity index (χ1n) is 9.42. The normalized spacial score (nSPS) is 13.4. The number of anilines is 1. The Bertz CT molecular complexity index is 1420. The van der Waals surface area contributed by atoms with Crippen LogP contribution in [0.15, 0.2) is 66.7 Å². The molecule has 0 radical (unpaired) electrons. The lowest BCUT2D eigenvalue weighted by atomic mass is 10.1. The largest absolute Gasteiger partial charge is 0.277 e. The number of nitrogens with zero attached hydrogens (tertiary/aromatic N) is 3. The molecule has 1 N–H and O–H groups in total. The summed E-state index contributed by atoms with van der Waals surface area (Å²) in [6, 6.07) is 18.4. The number of para-hydroxylation sites is 2. The van der Waals surface area contributed by atoms with Gasteiger partial charge in [-0.25, -0.2) is 4.90 Å². The Morgan fingerprint density at radius 1 is 0.903 bits per heavy atom. The molecule has 0 aliphatic carbocycles. The molecule has 31 heavy (non-hydrogen) atoms. The van der Waals surface area contributed by atoms with Crippen LogP contribution in [0.5, 0.6) is 0 Å². The van der Waals surface area contributed by atoms with Crippen LogP contribution in [0, 0.1) is 10.1 Å². The standard InChI is InChI=1S/C23H14N4O4/c28-22-16-11-10-15(27(30)31)13-18(16)23(29)26(22)21-8-4-1-5-14(21)9-12-20-17-6-2-3-7-19(17)24-25-20/h1-13H,(H,24,25)/b12-9+. The Labute approximate surface area is 175 Å². The third-order valence-corrected chi connectivity index (χ3v) is 5.18. The first-order valence-corrected chi connectivity index (χ1v) is 9.42. The fourth-order valence-electron chi connectivity index (χ4n) is 3.67. The minimum atomic E-state index is -0.592. The van der Waals surface area contributed by atoms with Crippen molar-refractivity contribution in [3.8, 4) is 0 Å². The van der Waals surface area contributed by atoms with Crippen molar-refractivity contribution in [2.45, 2.75) is 0 Å². The Kier molecular flexibility index (Phi) is 4.18. The summed E-state index contributed by atoms with van der Waals surface area (Å²) in [4.78, 5) is 37.5. The van der Waals surface area contributed by atoms with E-state index in [4.69, 9.17) is 0 Å². The number of hydrogen-bond acceptors (Lipinski definition) is 5. The fourth-order valence-corrected chi connectivity index (χ4v) is 3.67. The lowest BCUT2D eigenvalue weighted by molar-refractivity contribution is -0.384. The monoisotopic (exact) mass is 410 g/mol. The van der Waals surface area contributed by atoms with Crippen molar-refractivity contribution in [3.05, 3.63) is 99.2 Å². The van der Waals surface area contributed by atoms with Crippen LogP contribution in [0.1, 0.15) is 32.0 Å². The van der Waals surface area contributed by atoms with Crippen molar-refractivity contribution in [3.63, 3.8) is 0 Å². The molecule has 2 heterocycles. The number of amides is 2. The van der Waals surface area contributed by atoms with E-state index in [2.05, 4.69) is 10.2 Å². The third kappa shape index (κ3) is 2.98. The minimum absolute atomic E-state index is 0.0243. The molecular formula is C23H14N4O4. The zero-order chi connectivity index (χ0) is 21.5. The van der Waals surface area contributed by atoms with Crippen LogP contribution in [-0.2, 0) is 0 Å². The van der Waals surface area contributed by atoms with Crippen LogP contribution in [-0.4, -0.2) is 26.9 Å². The number of aromatic amines is 1.